The highest BCUT2D eigenvalue weighted by Gasteiger charge is 2.37. The minimum absolute atomic E-state index is 0.238. The first-order valence-corrected chi connectivity index (χ1v) is 12.8. The number of aliphatic imine (C=N–C) groups is 2. The molecule has 0 saturated carbocycles. The number of rotatable bonds is 4. The van der Waals surface area contributed by atoms with Gasteiger partial charge in [0.1, 0.15) is 0 Å². The van der Waals surface area contributed by atoms with Crippen LogP contribution in [0.5, 0.6) is 0 Å². The van der Waals surface area contributed by atoms with E-state index in [1.165, 1.54) is 0 Å². The number of amides is 4. The Morgan fingerprint density at radius 1 is 0.575 bits per heavy atom. The Kier molecular flexibility index (Phi) is 5.06. The van der Waals surface area contributed by atoms with Gasteiger partial charge in [-0.1, -0.05) is 12.1 Å². The second-order valence-corrected chi connectivity index (χ2v) is 9.67. The van der Waals surface area contributed by atoms with Crippen molar-refractivity contribution in [2.24, 2.45) is 21.5 Å². The Morgan fingerprint density at radius 2 is 0.950 bits per heavy atom. The Balaban J connectivity index is 1.82. The Hall–Kier alpha value is -4.80. The summed E-state index contributed by atoms with van der Waals surface area (Å²) in [6.07, 6.45) is 0. The molecule has 0 atom stereocenters. The van der Waals surface area contributed by atoms with Crippen LogP contribution in [0.15, 0.2) is 46.4 Å². The molecule has 5 aromatic rings. The van der Waals surface area contributed by atoms with E-state index in [4.69, 9.17) is 35.9 Å². The fraction of sp³-hybridized carbons (Fsp3) is 0.0714. The largest absolute Gasteiger partial charge is 0.313 e. The van der Waals surface area contributed by atoms with Gasteiger partial charge in [-0.25, -0.2) is 0 Å². The van der Waals surface area contributed by atoms with Crippen LogP contribution in [-0.4, -0.2) is 57.1 Å². The van der Waals surface area contributed by atoms with E-state index in [2.05, 4.69) is 20.3 Å². The normalized spacial score (nSPS) is 14.6. The minimum atomic E-state index is -0.559. The van der Waals surface area contributed by atoms with Gasteiger partial charge in [-0.2, -0.15) is 9.98 Å². The number of carbonyl (C=O) groups excluding carboxylic acids is 4. The minimum Gasteiger partial charge on any atom is -0.313 e. The summed E-state index contributed by atoms with van der Waals surface area (Å²) in [5.74, 6) is -2.16. The van der Waals surface area contributed by atoms with Crippen molar-refractivity contribution in [3.8, 4) is 0 Å². The van der Waals surface area contributed by atoms with Crippen LogP contribution >= 0.6 is 24.4 Å². The maximum absolute atomic E-state index is 13.4. The monoisotopic (exact) mass is 562 g/mol. The number of nitrogens with zero attached hydrogens (tertiary/aromatic N) is 4. The SMILES string of the molecule is NCN1C(=O)c2ccc3c4c(N=C=S)cc5c6c(ccc(c7c(N=C=S)cc(c2c37)C1=O)c64)C(=O)N(CN)C5=O. The highest BCUT2D eigenvalue weighted by Crippen LogP contribution is 2.51. The standard InChI is InChI=1S/C28H14N6O4S2/c29-7-33-25(35)13-3-1-11-21-17(31-9-39)5-16-20-14(26(36)34(8-30)28(16)38)4-2-12(24(20)21)22-18(32-10-40)6-15(27(33)37)19(13)23(11)22/h1-6H,7-8,29-30H2. The van der Waals surface area contributed by atoms with Gasteiger partial charge in [0, 0.05) is 43.4 Å². The number of isothiocyanates is 2. The molecule has 0 fully saturated rings. The third kappa shape index (κ3) is 2.78. The lowest BCUT2D eigenvalue weighted by molar-refractivity contribution is 0.0599. The smallest absolute Gasteiger partial charge is 0.262 e. The van der Waals surface area contributed by atoms with Crippen LogP contribution in [0.1, 0.15) is 41.4 Å². The zero-order valence-electron chi connectivity index (χ0n) is 20.3. The van der Waals surface area contributed by atoms with Crippen molar-refractivity contribution in [3.63, 3.8) is 0 Å². The second-order valence-electron chi connectivity index (χ2n) is 9.31. The van der Waals surface area contributed by atoms with Gasteiger partial charge in [0.2, 0.25) is 0 Å². The molecule has 0 radical (unpaired) electrons. The lowest BCUT2D eigenvalue weighted by atomic mass is 9.81. The molecule has 40 heavy (non-hydrogen) atoms. The predicted molar refractivity (Wildman–Crippen MR) is 156 cm³/mol. The molecule has 5 aromatic carbocycles. The van der Waals surface area contributed by atoms with Gasteiger partial charge >= 0.3 is 0 Å². The molecule has 0 aromatic heterocycles. The van der Waals surface area contributed by atoms with Crippen LogP contribution < -0.4 is 11.5 Å². The fourth-order valence-corrected chi connectivity index (χ4v) is 6.33. The van der Waals surface area contributed by atoms with E-state index in [0.29, 0.717) is 65.6 Å². The summed E-state index contributed by atoms with van der Waals surface area (Å²) in [6, 6.07) is 9.86. The van der Waals surface area contributed by atoms with Crippen molar-refractivity contribution >= 4 is 113 Å². The van der Waals surface area contributed by atoms with Gasteiger partial charge in [0.25, 0.3) is 23.6 Å². The molecule has 10 nitrogen and oxygen atoms in total. The quantitative estimate of drug-likeness (QED) is 0.109. The van der Waals surface area contributed by atoms with E-state index in [-0.39, 0.29) is 24.5 Å². The molecule has 0 saturated heterocycles. The van der Waals surface area contributed by atoms with E-state index in [0.717, 1.165) is 9.80 Å². The first-order chi connectivity index (χ1) is 19.4. The van der Waals surface area contributed by atoms with Crippen molar-refractivity contribution in [2.45, 2.75) is 0 Å². The van der Waals surface area contributed by atoms with Gasteiger partial charge in [0.05, 0.1) is 46.2 Å². The van der Waals surface area contributed by atoms with Gasteiger partial charge in [-0.05, 0) is 59.5 Å². The highest BCUT2D eigenvalue weighted by molar-refractivity contribution is 7.78. The predicted octanol–water partition coefficient (Wildman–Crippen LogP) is 4.23. The molecular formula is C28H14N6O4S2. The number of thiocarbonyl (C=S) groups is 2. The van der Waals surface area contributed by atoms with Crippen molar-refractivity contribution in [1.82, 2.24) is 9.80 Å². The number of benzene rings is 5. The van der Waals surface area contributed by atoms with E-state index < -0.39 is 23.6 Å². The van der Waals surface area contributed by atoms with E-state index >= 15 is 0 Å². The molecule has 0 aliphatic carbocycles. The molecule has 2 heterocycles. The third-order valence-electron chi connectivity index (χ3n) is 7.66. The average Bonchev–Trinajstić information content (AvgIpc) is 2.95. The lowest BCUT2D eigenvalue weighted by Crippen LogP contribution is -2.43. The summed E-state index contributed by atoms with van der Waals surface area (Å²) in [7, 11) is 0. The lowest BCUT2D eigenvalue weighted by Gasteiger charge is -2.30. The molecule has 0 unspecified atom stereocenters. The molecule has 0 spiro atoms. The van der Waals surface area contributed by atoms with Crippen LogP contribution in [0.4, 0.5) is 11.4 Å². The average molecular weight is 563 g/mol. The zero-order valence-corrected chi connectivity index (χ0v) is 21.9. The number of fused-ring (bicyclic) bond motifs is 2. The van der Waals surface area contributed by atoms with Crippen molar-refractivity contribution in [2.75, 3.05) is 13.3 Å². The van der Waals surface area contributed by atoms with E-state index in [9.17, 15) is 19.2 Å². The van der Waals surface area contributed by atoms with Crippen molar-refractivity contribution < 1.29 is 19.2 Å². The summed E-state index contributed by atoms with van der Waals surface area (Å²) >= 11 is 9.88. The summed E-state index contributed by atoms with van der Waals surface area (Å²) in [5.41, 5.74) is 13.3. The third-order valence-corrected chi connectivity index (χ3v) is 7.84. The number of carbonyl (C=O) groups is 4. The van der Waals surface area contributed by atoms with E-state index in [1.807, 2.05) is 0 Å². The molecule has 7 rings (SSSR count). The number of hydrogen-bond acceptors (Lipinski definition) is 10. The summed E-state index contributed by atoms with van der Waals surface area (Å²) < 4.78 is 0. The molecule has 192 valence electrons. The van der Waals surface area contributed by atoms with Crippen LogP contribution in [0, 0.1) is 0 Å². The zero-order chi connectivity index (χ0) is 28.0. The van der Waals surface area contributed by atoms with Gasteiger partial charge in [0.15, 0.2) is 0 Å². The Bertz CT molecular complexity index is 2040. The molecular weight excluding hydrogens is 548 g/mol. The summed E-state index contributed by atoms with van der Waals surface area (Å²) in [6.45, 7) is -0.589. The Labute approximate surface area is 234 Å². The van der Waals surface area contributed by atoms with Gasteiger partial charge in [-0.15, -0.1) is 0 Å². The second kappa shape index (κ2) is 8.35. The maximum Gasteiger partial charge on any atom is 0.262 e. The number of imide groups is 2. The molecule has 2 aliphatic heterocycles. The van der Waals surface area contributed by atoms with Crippen molar-refractivity contribution in [1.29, 1.82) is 0 Å². The first kappa shape index (κ1) is 24.3. The molecule has 0 bridgehead atoms. The Morgan fingerprint density at radius 3 is 1.30 bits per heavy atom. The number of hydrogen-bond donors (Lipinski definition) is 2. The molecule has 2 aliphatic rings. The topological polar surface area (TPSA) is 152 Å². The van der Waals surface area contributed by atoms with E-state index in [1.54, 1.807) is 36.4 Å². The molecule has 12 heteroatoms. The van der Waals surface area contributed by atoms with Gasteiger partial charge < -0.3 is 11.5 Å². The van der Waals surface area contributed by atoms with Crippen LogP contribution in [0.25, 0.3) is 43.1 Å². The fourth-order valence-electron chi connectivity index (χ4n) is 6.13. The first-order valence-electron chi connectivity index (χ1n) is 11.9. The van der Waals surface area contributed by atoms with Gasteiger partial charge in [-0.3, -0.25) is 29.0 Å². The summed E-state index contributed by atoms with van der Waals surface area (Å²) in [5, 5.41) is 9.16. The van der Waals surface area contributed by atoms with Crippen LogP contribution in [0.3, 0.4) is 0 Å². The van der Waals surface area contributed by atoms with Crippen molar-refractivity contribution in [3.05, 3.63) is 58.7 Å². The van der Waals surface area contributed by atoms with Crippen LogP contribution in [-0.2, 0) is 0 Å². The number of nitrogens with two attached hydrogens (primary N) is 2. The molecule has 4 N–H and O–H groups in total. The highest BCUT2D eigenvalue weighted by atomic mass is 32.1. The summed E-state index contributed by atoms with van der Waals surface area (Å²) in [4.78, 5) is 63.9. The molecule has 4 amide bonds. The maximum atomic E-state index is 13.4. The van der Waals surface area contributed by atoms with Crippen LogP contribution in [0.2, 0.25) is 0 Å².